The van der Waals surface area contributed by atoms with Gasteiger partial charge in [-0.05, 0) is 32.0 Å². The molecule has 3 aromatic rings. The number of hydrogen-bond donors (Lipinski definition) is 2. The molecule has 0 fully saturated rings. The Morgan fingerprint density at radius 2 is 1.95 bits per heavy atom. The summed E-state index contributed by atoms with van der Waals surface area (Å²) in [6, 6.07) is 11.4. The SMILES string of the molecule is Cc1noc(C)c1-c1c[nH]c(=O)c(Nc2ccccc2)c1. The van der Waals surface area contributed by atoms with E-state index in [1.165, 1.54) is 0 Å². The van der Waals surface area contributed by atoms with Crippen LogP contribution in [0.2, 0.25) is 0 Å². The van der Waals surface area contributed by atoms with E-state index in [0.717, 1.165) is 28.3 Å². The number of aromatic amines is 1. The van der Waals surface area contributed by atoms with E-state index in [0.29, 0.717) is 5.69 Å². The Bertz CT molecular complexity index is 800. The summed E-state index contributed by atoms with van der Waals surface area (Å²) in [6.45, 7) is 3.73. The summed E-state index contributed by atoms with van der Waals surface area (Å²) in [5.74, 6) is 0.727. The van der Waals surface area contributed by atoms with Crippen molar-refractivity contribution in [3.05, 3.63) is 64.4 Å². The summed E-state index contributed by atoms with van der Waals surface area (Å²) < 4.78 is 5.18. The van der Waals surface area contributed by atoms with Crippen LogP contribution in [-0.2, 0) is 0 Å². The zero-order valence-corrected chi connectivity index (χ0v) is 11.8. The maximum absolute atomic E-state index is 12.0. The maximum Gasteiger partial charge on any atom is 0.271 e. The van der Waals surface area contributed by atoms with Crippen LogP contribution in [-0.4, -0.2) is 10.1 Å². The van der Waals surface area contributed by atoms with Crippen molar-refractivity contribution in [2.75, 3.05) is 5.32 Å². The Hall–Kier alpha value is -2.82. The predicted molar refractivity (Wildman–Crippen MR) is 81.8 cm³/mol. The first kappa shape index (κ1) is 13.2. The van der Waals surface area contributed by atoms with Gasteiger partial charge in [0.05, 0.1) is 5.69 Å². The number of anilines is 2. The van der Waals surface area contributed by atoms with Gasteiger partial charge in [-0.3, -0.25) is 4.79 Å². The number of para-hydroxylation sites is 1. The van der Waals surface area contributed by atoms with E-state index >= 15 is 0 Å². The summed E-state index contributed by atoms with van der Waals surface area (Å²) in [4.78, 5) is 14.7. The van der Waals surface area contributed by atoms with Crippen molar-refractivity contribution in [1.29, 1.82) is 0 Å². The van der Waals surface area contributed by atoms with Crippen molar-refractivity contribution in [2.24, 2.45) is 0 Å². The van der Waals surface area contributed by atoms with Crippen molar-refractivity contribution < 1.29 is 4.52 Å². The van der Waals surface area contributed by atoms with Crippen molar-refractivity contribution >= 4 is 11.4 Å². The van der Waals surface area contributed by atoms with Gasteiger partial charge in [-0.25, -0.2) is 0 Å². The van der Waals surface area contributed by atoms with Gasteiger partial charge in [-0.15, -0.1) is 0 Å². The van der Waals surface area contributed by atoms with Crippen LogP contribution in [0, 0.1) is 13.8 Å². The third-order valence-electron chi connectivity index (χ3n) is 3.28. The van der Waals surface area contributed by atoms with Crippen LogP contribution >= 0.6 is 0 Å². The zero-order chi connectivity index (χ0) is 14.8. The minimum atomic E-state index is -0.172. The number of hydrogen-bond acceptors (Lipinski definition) is 4. The molecule has 0 saturated carbocycles. The van der Waals surface area contributed by atoms with Gasteiger partial charge in [0.2, 0.25) is 0 Å². The standard InChI is InChI=1S/C16H15N3O2/c1-10-15(11(2)21-19-10)12-8-14(16(20)17-9-12)18-13-6-4-3-5-7-13/h3-9,18H,1-2H3,(H,17,20). The second-order valence-electron chi connectivity index (χ2n) is 4.82. The Balaban J connectivity index is 2.03. The number of nitrogens with zero attached hydrogens (tertiary/aromatic N) is 1. The summed E-state index contributed by atoms with van der Waals surface area (Å²) >= 11 is 0. The van der Waals surface area contributed by atoms with Gasteiger partial charge in [0.15, 0.2) is 0 Å². The molecule has 0 aliphatic rings. The van der Waals surface area contributed by atoms with Gasteiger partial charge in [-0.2, -0.15) is 0 Å². The molecule has 5 heteroatoms. The van der Waals surface area contributed by atoms with Crippen molar-refractivity contribution in [3.8, 4) is 11.1 Å². The van der Waals surface area contributed by atoms with E-state index in [1.807, 2.05) is 44.2 Å². The molecule has 106 valence electrons. The van der Waals surface area contributed by atoms with Crippen molar-refractivity contribution in [3.63, 3.8) is 0 Å². The average Bonchev–Trinajstić information content (AvgIpc) is 2.82. The number of benzene rings is 1. The van der Waals surface area contributed by atoms with E-state index in [4.69, 9.17) is 4.52 Å². The Morgan fingerprint density at radius 3 is 2.62 bits per heavy atom. The van der Waals surface area contributed by atoms with Crippen molar-refractivity contribution in [2.45, 2.75) is 13.8 Å². The second kappa shape index (κ2) is 5.28. The number of nitrogens with one attached hydrogen (secondary N) is 2. The smallest absolute Gasteiger partial charge is 0.271 e. The molecule has 0 radical (unpaired) electrons. The van der Waals surface area contributed by atoms with Gasteiger partial charge in [-0.1, -0.05) is 23.4 Å². The molecule has 2 N–H and O–H groups in total. The predicted octanol–water partition coefficient (Wildman–Crippen LogP) is 3.39. The van der Waals surface area contributed by atoms with Crippen LogP contribution in [0.1, 0.15) is 11.5 Å². The number of aryl methyl sites for hydroxylation is 2. The highest BCUT2D eigenvalue weighted by molar-refractivity contribution is 5.71. The first-order valence-electron chi connectivity index (χ1n) is 6.63. The van der Waals surface area contributed by atoms with Gasteiger partial charge >= 0.3 is 0 Å². The molecule has 0 saturated heterocycles. The average molecular weight is 281 g/mol. The van der Waals surface area contributed by atoms with Gasteiger partial charge < -0.3 is 14.8 Å². The quantitative estimate of drug-likeness (QED) is 0.772. The van der Waals surface area contributed by atoms with Crippen LogP contribution in [0.3, 0.4) is 0 Å². The van der Waals surface area contributed by atoms with Gasteiger partial charge in [0, 0.05) is 23.0 Å². The minimum absolute atomic E-state index is 0.172. The monoisotopic (exact) mass is 281 g/mol. The van der Waals surface area contributed by atoms with Crippen LogP contribution in [0.5, 0.6) is 0 Å². The summed E-state index contributed by atoms with van der Waals surface area (Å²) in [5, 5.41) is 7.06. The molecule has 5 nitrogen and oxygen atoms in total. The van der Waals surface area contributed by atoms with E-state index in [-0.39, 0.29) is 5.56 Å². The number of H-pyrrole nitrogens is 1. The Morgan fingerprint density at radius 1 is 1.19 bits per heavy atom. The fourth-order valence-electron chi connectivity index (χ4n) is 2.29. The van der Waals surface area contributed by atoms with E-state index < -0.39 is 0 Å². The molecule has 3 rings (SSSR count). The topological polar surface area (TPSA) is 70.9 Å². The highest BCUT2D eigenvalue weighted by Gasteiger charge is 2.13. The molecule has 0 unspecified atom stereocenters. The largest absolute Gasteiger partial charge is 0.361 e. The van der Waals surface area contributed by atoms with Crippen LogP contribution in [0.15, 0.2) is 51.9 Å². The fourth-order valence-corrected chi connectivity index (χ4v) is 2.29. The Kier molecular flexibility index (Phi) is 3.31. The van der Waals surface area contributed by atoms with Gasteiger partial charge in [0.25, 0.3) is 5.56 Å². The molecule has 0 spiro atoms. The summed E-state index contributed by atoms with van der Waals surface area (Å²) in [7, 11) is 0. The number of pyridine rings is 1. The molecule has 2 aromatic heterocycles. The van der Waals surface area contributed by atoms with E-state index in [2.05, 4.69) is 15.5 Å². The van der Waals surface area contributed by atoms with E-state index in [9.17, 15) is 4.79 Å². The lowest BCUT2D eigenvalue weighted by molar-refractivity contribution is 0.393. The van der Waals surface area contributed by atoms with Crippen molar-refractivity contribution in [1.82, 2.24) is 10.1 Å². The lowest BCUT2D eigenvalue weighted by atomic mass is 10.1. The molecule has 2 heterocycles. The molecule has 0 aliphatic carbocycles. The molecule has 0 bridgehead atoms. The maximum atomic E-state index is 12.0. The fraction of sp³-hybridized carbons (Fsp3) is 0.125. The summed E-state index contributed by atoms with van der Waals surface area (Å²) in [6.07, 6.45) is 1.67. The minimum Gasteiger partial charge on any atom is -0.361 e. The molecule has 1 aromatic carbocycles. The first-order valence-corrected chi connectivity index (χ1v) is 6.63. The van der Waals surface area contributed by atoms with E-state index in [1.54, 1.807) is 12.3 Å². The molecule has 0 amide bonds. The Labute approximate surface area is 121 Å². The van der Waals surface area contributed by atoms with Crippen LogP contribution in [0.4, 0.5) is 11.4 Å². The number of aromatic nitrogens is 2. The molecule has 0 atom stereocenters. The highest BCUT2D eigenvalue weighted by atomic mass is 16.5. The summed E-state index contributed by atoms with van der Waals surface area (Å²) in [5.41, 5.74) is 3.74. The molecular weight excluding hydrogens is 266 g/mol. The molecular formula is C16H15N3O2. The van der Waals surface area contributed by atoms with Gasteiger partial charge in [0.1, 0.15) is 11.4 Å². The first-order chi connectivity index (χ1) is 10.1. The van der Waals surface area contributed by atoms with Crippen LogP contribution in [0.25, 0.3) is 11.1 Å². The normalized spacial score (nSPS) is 10.6. The van der Waals surface area contributed by atoms with Crippen LogP contribution < -0.4 is 10.9 Å². The number of rotatable bonds is 3. The molecule has 0 aliphatic heterocycles. The highest BCUT2D eigenvalue weighted by Crippen LogP contribution is 2.27. The second-order valence-corrected chi connectivity index (χ2v) is 4.82. The lowest BCUT2D eigenvalue weighted by Crippen LogP contribution is -2.11. The zero-order valence-electron chi connectivity index (χ0n) is 11.8. The third kappa shape index (κ3) is 2.58. The molecule has 21 heavy (non-hydrogen) atoms. The lowest BCUT2D eigenvalue weighted by Gasteiger charge is -2.07. The third-order valence-corrected chi connectivity index (χ3v) is 3.28.